The fraction of sp³-hybridized carbons (Fsp3) is 0.250. The molecule has 0 radical (unpaired) electrons. The van der Waals surface area contributed by atoms with Crippen LogP contribution in [0.3, 0.4) is 0 Å². The number of hydrogen-bond donors (Lipinski definition) is 2. The Kier molecular flexibility index (Phi) is 8.20. The average molecular weight is 484 g/mol. The molecule has 34 heavy (non-hydrogen) atoms. The molecule has 0 saturated heterocycles. The van der Waals surface area contributed by atoms with Crippen molar-refractivity contribution >= 4 is 34.8 Å². The summed E-state index contributed by atoms with van der Waals surface area (Å²) in [5, 5.41) is 5.27. The van der Waals surface area contributed by atoms with Gasteiger partial charge in [-0.3, -0.25) is 9.59 Å². The maximum absolute atomic E-state index is 12.4. The number of aromatic nitrogens is 1. The van der Waals surface area contributed by atoms with Crippen LogP contribution in [0.25, 0.3) is 0 Å². The number of nitrogens with two attached hydrogens (primary N) is 1. The number of carbonyl (C=O) groups excluding carboxylic acids is 3. The molecule has 2 amide bonds. The molecule has 0 aliphatic rings. The molecule has 0 bridgehead atoms. The average Bonchev–Trinajstić information content (AvgIpc) is 3.25. The number of carbonyl (C=O) groups is 3. The Hall–Kier alpha value is -3.92. The molecule has 0 aliphatic heterocycles. The van der Waals surface area contributed by atoms with Gasteiger partial charge in [0.25, 0.3) is 5.91 Å². The first kappa shape index (κ1) is 24.7. The van der Waals surface area contributed by atoms with E-state index in [-0.39, 0.29) is 42.6 Å². The lowest BCUT2D eigenvalue weighted by Gasteiger charge is -2.11. The number of ether oxygens (including phenoxy) is 3. The quantitative estimate of drug-likeness (QED) is 0.424. The molecule has 3 N–H and O–H groups in total. The lowest BCUT2D eigenvalue weighted by Crippen LogP contribution is -2.20. The summed E-state index contributed by atoms with van der Waals surface area (Å²) in [4.78, 5) is 40.1. The molecule has 1 heterocycles. The number of benzene rings is 2. The van der Waals surface area contributed by atoms with Crippen molar-refractivity contribution in [2.75, 3.05) is 19.0 Å². The third kappa shape index (κ3) is 6.79. The van der Waals surface area contributed by atoms with Gasteiger partial charge in [0.15, 0.2) is 18.1 Å². The van der Waals surface area contributed by atoms with Gasteiger partial charge in [0, 0.05) is 11.1 Å². The molecule has 2 aromatic carbocycles. The minimum atomic E-state index is -0.629. The third-order valence-electron chi connectivity index (χ3n) is 4.70. The molecule has 0 aliphatic carbocycles. The summed E-state index contributed by atoms with van der Waals surface area (Å²) < 4.78 is 15.8. The number of nitrogens with zero attached hydrogens (tertiary/aromatic N) is 1. The molecular weight excluding hydrogens is 458 g/mol. The predicted octanol–water partition coefficient (Wildman–Crippen LogP) is 3.17. The van der Waals surface area contributed by atoms with Crippen LogP contribution >= 0.6 is 11.3 Å². The van der Waals surface area contributed by atoms with Crippen LogP contribution in [0.1, 0.15) is 32.2 Å². The first-order valence-corrected chi connectivity index (χ1v) is 11.2. The van der Waals surface area contributed by atoms with Crippen molar-refractivity contribution in [1.29, 1.82) is 0 Å². The van der Waals surface area contributed by atoms with Gasteiger partial charge in [0.2, 0.25) is 5.91 Å². The number of thiazole rings is 1. The molecule has 9 nitrogen and oxygen atoms in total. The first-order chi connectivity index (χ1) is 16.2. The third-order valence-corrected chi connectivity index (χ3v) is 5.60. The molecule has 0 saturated carbocycles. The Morgan fingerprint density at radius 1 is 1.09 bits per heavy atom. The second-order valence-corrected chi connectivity index (χ2v) is 8.42. The highest BCUT2D eigenvalue weighted by Crippen LogP contribution is 2.28. The fourth-order valence-corrected chi connectivity index (χ4v) is 3.76. The highest BCUT2D eigenvalue weighted by atomic mass is 32.1. The van der Waals surface area contributed by atoms with Gasteiger partial charge in [0.05, 0.1) is 24.8 Å². The standard InChI is InChI=1S/C24H25N3O6S/c1-14-4-5-15(2)18(8-14)27-22(29)10-23-26-17(13-34-23)11-33-24(30)16-6-7-19(20(9-16)31-3)32-12-21(25)28/h4-9,13H,10-12H2,1-3H3,(H2,25,28)(H,27,29). The number of aryl methyl sites for hydroxylation is 2. The molecule has 10 heteroatoms. The van der Waals surface area contributed by atoms with E-state index >= 15 is 0 Å². The Morgan fingerprint density at radius 3 is 2.62 bits per heavy atom. The zero-order chi connectivity index (χ0) is 24.7. The van der Waals surface area contributed by atoms with Gasteiger partial charge in [-0.2, -0.15) is 0 Å². The smallest absolute Gasteiger partial charge is 0.338 e. The molecular formula is C24H25N3O6S. The Bertz CT molecular complexity index is 1210. The number of hydrogen-bond acceptors (Lipinski definition) is 8. The second-order valence-electron chi connectivity index (χ2n) is 7.47. The van der Waals surface area contributed by atoms with Gasteiger partial charge in [0.1, 0.15) is 11.6 Å². The number of amides is 2. The summed E-state index contributed by atoms with van der Waals surface area (Å²) in [6.45, 7) is 3.54. The molecule has 0 unspecified atom stereocenters. The van der Waals surface area contributed by atoms with Crippen molar-refractivity contribution in [3.05, 3.63) is 69.2 Å². The van der Waals surface area contributed by atoms with E-state index in [9.17, 15) is 14.4 Å². The summed E-state index contributed by atoms with van der Waals surface area (Å²) in [5.74, 6) is -0.835. The van der Waals surface area contributed by atoms with Crippen LogP contribution in [-0.4, -0.2) is 36.5 Å². The van der Waals surface area contributed by atoms with Gasteiger partial charge in [-0.1, -0.05) is 12.1 Å². The lowest BCUT2D eigenvalue weighted by atomic mass is 10.1. The summed E-state index contributed by atoms with van der Waals surface area (Å²) in [7, 11) is 1.41. The number of methoxy groups -OCH3 is 1. The van der Waals surface area contributed by atoms with Gasteiger partial charge in [-0.25, -0.2) is 9.78 Å². The Morgan fingerprint density at radius 2 is 1.88 bits per heavy atom. The van der Waals surface area contributed by atoms with E-state index in [0.717, 1.165) is 16.8 Å². The SMILES string of the molecule is COc1cc(C(=O)OCc2csc(CC(=O)Nc3cc(C)ccc3C)n2)ccc1OCC(N)=O. The van der Waals surface area contributed by atoms with Crippen molar-refractivity contribution in [2.24, 2.45) is 5.73 Å². The van der Waals surface area contributed by atoms with E-state index in [4.69, 9.17) is 19.9 Å². The van der Waals surface area contributed by atoms with Crippen LogP contribution in [0.4, 0.5) is 5.69 Å². The monoisotopic (exact) mass is 483 g/mol. The van der Waals surface area contributed by atoms with Gasteiger partial charge in [-0.05, 0) is 49.2 Å². The van der Waals surface area contributed by atoms with E-state index in [0.29, 0.717) is 10.7 Å². The van der Waals surface area contributed by atoms with E-state index in [1.54, 1.807) is 5.38 Å². The largest absolute Gasteiger partial charge is 0.493 e. The van der Waals surface area contributed by atoms with Crippen molar-refractivity contribution in [3.63, 3.8) is 0 Å². The molecule has 0 atom stereocenters. The maximum atomic E-state index is 12.4. The fourth-order valence-electron chi connectivity index (χ4n) is 2.98. The summed E-state index contributed by atoms with van der Waals surface area (Å²) >= 11 is 1.32. The van der Waals surface area contributed by atoms with Crippen LogP contribution < -0.4 is 20.5 Å². The molecule has 0 spiro atoms. The maximum Gasteiger partial charge on any atom is 0.338 e. The van der Waals surface area contributed by atoms with Crippen molar-refractivity contribution in [2.45, 2.75) is 26.9 Å². The molecule has 3 rings (SSSR count). The molecule has 178 valence electrons. The van der Waals surface area contributed by atoms with E-state index in [2.05, 4.69) is 10.3 Å². The van der Waals surface area contributed by atoms with Crippen LogP contribution in [-0.2, 0) is 27.4 Å². The number of rotatable bonds is 10. The zero-order valence-corrected chi connectivity index (χ0v) is 19.9. The second kappa shape index (κ2) is 11.3. The van der Waals surface area contributed by atoms with Gasteiger partial charge >= 0.3 is 5.97 Å². The number of esters is 1. The number of primary amides is 1. The van der Waals surface area contributed by atoms with Crippen LogP contribution in [0.15, 0.2) is 41.8 Å². The van der Waals surface area contributed by atoms with Crippen molar-refractivity contribution in [1.82, 2.24) is 4.98 Å². The topological polar surface area (TPSA) is 130 Å². The van der Waals surface area contributed by atoms with Crippen LogP contribution in [0, 0.1) is 13.8 Å². The van der Waals surface area contributed by atoms with E-state index in [1.807, 2.05) is 32.0 Å². The van der Waals surface area contributed by atoms with E-state index in [1.165, 1.54) is 36.6 Å². The minimum Gasteiger partial charge on any atom is -0.493 e. The zero-order valence-electron chi connectivity index (χ0n) is 19.0. The highest BCUT2D eigenvalue weighted by molar-refractivity contribution is 7.09. The number of nitrogens with one attached hydrogen (secondary N) is 1. The van der Waals surface area contributed by atoms with Crippen LogP contribution in [0.5, 0.6) is 11.5 Å². The van der Waals surface area contributed by atoms with Crippen molar-refractivity contribution < 1.29 is 28.6 Å². The molecule has 0 fully saturated rings. The van der Waals surface area contributed by atoms with Gasteiger partial charge in [-0.15, -0.1) is 11.3 Å². The molecule has 1 aromatic heterocycles. The van der Waals surface area contributed by atoms with Gasteiger partial charge < -0.3 is 25.3 Å². The Labute approximate surface area is 200 Å². The molecule has 3 aromatic rings. The Balaban J connectivity index is 1.55. The summed E-state index contributed by atoms with van der Waals surface area (Å²) in [5.41, 5.74) is 8.67. The minimum absolute atomic E-state index is 0.0455. The van der Waals surface area contributed by atoms with Crippen molar-refractivity contribution in [3.8, 4) is 11.5 Å². The predicted molar refractivity (Wildman–Crippen MR) is 127 cm³/mol. The summed E-state index contributed by atoms with van der Waals surface area (Å²) in [6.07, 6.45) is 0.121. The lowest BCUT2D eigenvalue weighted by molar-refractivity contribution is -0.120. The normalized spacial score (nSPS) is 10.4. The summed E-state index contributed by atoms with van der Waals surface area (Å²) in [6, 6.07) is 10.3. The first-order valence-electron chi connectivity index (χ1n) is 10.3. The van der Waals surface area contributed by atoms with Crippen LogP contribution in [0.2, 0.25) is 0 Å². The highest BCUT2D eigenvalue weighted by Gasteiger charge is 2.15. The van der Waals surface area contributed by atoms with E-state index < -0.39 is 11.9 Å². The number of anilines is 1.